The second-order valence-electron chi connectivity index (χ2n) is 6.95. The van der Waals surface area contributed by atoms with E-state index in [9.17, 15) is 8.42 Å². The average molecular weight is 422 g/mol. The van der Waals surface area contributed by atoms with Crippen molar-refractivity contribution in [2.45, 2.75) is 12.3 Å². The molecule has 1 N–H and O–H groups in total. The minimum Gasteiger partial charge on any atom is -0.364 e. The van der Waals surface area contributed by atoms with Crippen molar-refractivity contribution in [2.24, 2.45) is 4.99 Å². The van der Waals surface area contributed by atoms with Gasteiger partial charge in [-0.15, -0.1) is 0 Å². The lowest BCUT2D eigenvalue weighted by atomic mass is 10.2. The summed E-state index contributed by atoms with van der Waals surface area (Å²) < 4.78 is 31.4. The van der Waals surface area contributed by atoms with Crippen molar-refractivity contribution in [1.29, 1.82) is 0 Å². The molecule has 29 heavy (non-hydrogen) atoms. The van der Waals surface area contributed by atoms with Crippen LogP contribution in [0.4, 0.5) is 5.82 Å². The number of rotatable bonds is 6. The van der Waals surface area contributed by atoms with Crippen LogP contribution in [0.25, 0.3) is 0 Å². The van der Waals surface area contributed by atoms with E-state index in [0.717, 1.165) is 17.3 Å². The number of aliphatic imine (C=N–C) groups is 1. The summed E-state index contributed by atoms with van der Waals surface area (Å²) in [7, 11) is 2.22. The van der Waals surface area contributed by atoms with Crippen LogP contribution < -0.4 is 10.2 Å². The summed E-state index contributed by atoms with van der Waals surface area (Å²) in [5.41, 5.74) is 1.51. The van der Waals surface area contributed by atoms with Crippen LogP contribution >= 0.6 is 0 Å². The molecule has 3 rings (SSSR count). The van der Waals surface area contributed by atoms with Gasteiger partial charge < -0.3 is 19.6 Å². The molecule has 1 saturated heterocycles. The molecule has 11 heteroatoms. The average Bonchev–Trinajstić information content (AvgIpc) is 3.21. The van der Waals surface area contributed by atoms with Gasteiger partial charge in [-0.1, -0.05) is 5.16 Å². The second-order valence-corrected chi connectivity index (χ2v) is 8.92. The van der Waals surface area contributed by atoms with Crippen LogP contribution in [-0.4, -0.2) is 81.0 Å². The number of nitrogens with one attached hydrogen (secondary N) is 1. The van der Waals surface area contributed by atoms with Crippen molar-refractivity contribution in [3.05, 3.63) is 41.9 Å². The highest BCUT2D eigenvalue weighted by Crippen LogP contribution is 2.13. The van der Waals surface area contributed by atoms with Crippen molar-refractivity contribution in [3.63, 3.8) is 0 Å². The standard InChI is InChI=1S/C18H27N7O3S/c1-19-18(21-13-15-4-6-20-17(12-15)23(2)3)24-7-9-25(10-8-24)29(26,27)14-16-5-11-28-22-16/h4-6,11-12H,7-10,13-14H2,1-3H3,(H,19,21). The summed E-state index contributed by atoms with van der Waals surface area (Å²) in [6.45, 7) is 2.55. The Morgan fingerprint density at radius 3 is 2.66 bits per heavy atom. The quantitative estimate of drug-likeness (QED) is 0.526. The minimum absolute atomic E-state index is 0.146. The van der Waals surface area contributed by atoms with Crippen LogP contribution in [0.5, 0.6) is 0 Å². The number of hydrogen-bond acceptors (Lipinski definition) is 7. The fraction of sp³-hybridized carbons (Fsp3) is 0.500. The lowest BCUT2D eigenvalue weighted by Crippen LogP contribution is -2.53. The summed E-state index contributed by atoms with van der Waals surface area (Å²) in [6.07, 6.45) is 3.16. The van der Waals surface area contributed by atoms with E-state index in [-0.39, 0.29) is 5.75 Å². The molecule has 0 radical (unpaired) electrons. The summed E-state index contributed by atoms with van der Waals surface area (Å²) in [6, 6.07) is 5.55. The van der Waals surface area contributed by atoms with E-state index < -0.39 is 10.0 Å². The maximum absolute atomic E-state index is 12.6. The van der Waals surface area contributed by atoms with Gasteiger partial charge in [-0.2, -0.15) is 4.31 Å². The molecule has 2 aromatic heterocycles. The van der Waals surface area contributed by atoms with Crippen LogP contribution in [0.15, 0.2) is 40.2 Å². The van der Waals surface area contributed by atoms with E-state index in [0.29, 0.717) is 38.4 Å². The molecule has 1 aliphatic heterocycles. The van der Waals surface area contributed by atoms with Gasteiger partial charge >= 0.3 is 0 Å². The smallest absolute Gasteiger partial charge is 0.220 e. The van der Waals surface area contributed by atoms with Gasteiger partial charge in [0.15, 0.2) is 5.96 Å². The second kappa shape index (κ2) is 9.23. The zero-order chi connectivity index (χ0) is 20.9. The number of aromatic nitrogens is 2. The van der Waals surface area contributed by atoms with Crippen LogP contribution in [0.3, 0.4) is 0 Å². The van der Waals surface area contributed by atoms with Gasteiger partial charge in [-0.25, -0.2) is 13.4 Å². The molecular formula is C18H27N7O3S. The third-order valence-electron chi connectivity index (χ3n) is 4.68. The zero-order valence-corrected chi connectivity index (χ0v) is 17.8. The molecule has 0 aliphatic carbocycles. The van der Waals surface area contributed by atoms with Gasteiger partial charge in [0.05, 0.1) is 5.69 Å². The number of sulfonamides is 1. The lowest BCUT2D eigenvalue weighted by Gasteiger charge is -2.35. The highest BCUT2D eigenvalue weighted by Gasteiger charge is 2.28. The van der Waals surface area contributed by atoms with E-state index in [2.05, 4.69) is 25.3 Å². The van der Waals surface area contributed by atoms with Crippen LogP contribution in [0.1, 0.15) is 11.3 Å². The van der Waals surface area contributed by atoms with Crippen LogP contribution in [-0.2, 0) is 22.3 Å². The number of hydrogen-bond donors (Lipinski definition) is 1. The van der Waals surface area contributed by atoms with Crippen LogP contribution in [0.2, 0.25) is 0 Å². The molecule has 0 bridgehead atoms. The lowest BCUT2D eigenvalue weighted by molar-refractivity contribution is 0.259. The fourth-order valence-corrected chi connectivity index (χ4v) is 4.52. The van der Waals surface area contributed by atoms with E-state index >= 15 is 0 Å². The molecule has 0 unspecified atom stereocenters. The largest absolute Gasteiger partial charge is 0.364 e. The van der Waals surface area contributed by atoms with E-state index in [1.807, 2.05) is 31.1 Å². The number of piperazine rings is 1. The molecule has 158 valence electrons. The Labute approximate surface area is 171 Å². The Bertz CT molecular complexity index is 921. The van der Waals surface area contributed by atoms with Crippen LogP contribution in [0, 0.1) is 0 Å². The molecular weight excluding hydrogens is 394 g/mol. The zero-order valence-electron chi connectivity index (χ0n) is 16.9. The molecule has 0 aromatic carbocycles. The number of anilines is 1. The first-order valence-corrected chi connectivity index (χ1v) is 10.9. The van der Waals surface area contributed by atoms with Crippen molar-refractivity contribution in [3.8, 4) is 0 Å². The first kappa shape index (κ1) is 21.1. The van der Waals surface area contributed by atoms with E-state index in [1.54, 1.807) is 19.3 Å². The molecule has 0 atom stereocenters. The van der Waals surface area contributed by atoms with Gasteiger partial charge in [0, 0.05) is 66.1 Å². The molecule has 1 fully saturated rings. The Morgan fingerprint density at radius 1 is 1.28 bits per heavy atom. The van der Waals surface area contributed by atoms with Gasteiger partial charge in [-0.3, -0.25) is 4.99 Å². The summed E-state index contributed by atoms with van der Waals surface area (Å²) >= 11 is 0. The Hall–Kier alpha value is -2.66. The Balaban J connectivity index is 1.54. The topological polar surface area (TPSA) is 107 Å². The minimum atomic E-state index is -3.42. The first-order valence-electron chi connectivity index (χ1n) is 9.34. The van der Waals surface area contributed by atoms with Crippen molar-refractivity contribution in [1.82, 2.24) is 24.7 Å². The van der Waals surface area contributed by atoms with Gasteiger partial charge in [0.25, 0.3) is 0 Å². The Morgan fingerprint density at radius 2 is 2.03 bits per heavy atom. The van der Waals surface area contributed by atoms with Gasteiger partial charge in [0.1, 0.15) is 17.8 Å². The molecule has 3 heterocycles. The molecule has 1 aliphatic rings. The van der Waals surface area contributed by atoms with E-state index in [4.69, 9.17) is 4.52 Å². The monoisotopic (exact) mass is 421 g/mol. The predicted octanol–water partition coefficient (Wildman–Crippen LogP) is 0.359. The maximum Gasteiger partial charge on any atom is 0.220 e. The van der Waals surface area contributed by atoms with Crippen molar-refractivity contribution in [2.75, 3.05) is 52.2 Å². The predicted molar refractivity (Wildman–Crippen MR) is 111 cm³/mol. The number of nitrogens with zero attached hydrogens (tertiary/aromatic N) is 6. The summed E-state index contributed by atoms with van der Waals surface area (Å²) in [5, 5.41) is 7.05. The normalized spacial score (nSPS) is 16.1. The number of pyridine rings is 1. The SMILES string of the molecule is CN=C(NCc1ccnc(N(C)C)c1)N1CCN(S(=O)(=O)Cc2ccon2)CC1. The molecule has 0 amide bonds. The highest BCUT2D eigenvalue weighted by molar-refractivity contribution is 7.88. The molecule has 10 nitrogen and oxygen atoms in total. The third kappa shape index (κ3) is 5.45. The Kier molecular flexibility index (Phi) is 6.70. The molecule has 0 saturated carbocycles. The van der Waals surface area contributed by atoms with Gasteiger partial charge in [-0.05, 0) is 17.7 Å². The molecule has 0 spiro atoms. The maximum atomic E-state index is 12.6. The van der Waals surface area contributed by atoms with Gasteiger partial charge in [0.2, 0.25) is 10.0 Å². The highest BCUT2D eigenvalue weighted by atomic mass is 32.2. The number of guanidine groups is 1. The summed E-state index contributed by atoms with van der Waals surface area (Å²) in [4.78, 5) is 12.7. The fourth-order valence-electron chi connectivity index (χ4n) is 3.10. The van der Waals surface area contributed by atoms with Crippen molar-refractivity contribution < 1.29 is 12.9 Å². The van der Waals surface area contributed by atoms with E-state index in [1.165, 1.54) is 10.6 Å². The first-order chi connectivity index (χ1) is 13.9. The third-order valence-corrected chi connectivity index (χ3v) is 6.50. The summed E-state index contributed by atoms with van der Waals surface area (Å²) in [5.74, 6) is 1.50. The molecule has 2 aromatic rings. The van der Waals surface area contributed by atoms with Crippen molar-refractivity contribution >= 4 is 21.8 Å².